The van der Waals surface area contributed by atoms with Crippen LogP contribution < -0.4 is 5.32 Å². The average Bonchev–Trinajstić information content (AvgIpc) is 2.83. The topological polar surface area (TPSA) is 63.0 Å². The van der Waals surface area contributed by atoms with E-state index < -0.39 is 0 Å². The molecule has 0 amide bonds. The molecule has 0 bridgehead atoms. The average molecular weight is 246 g/mol. The van der Waals surface area contributed by atoms with Gasteiger partial charge in [0, 0.05) is 37.2 Å². The highest BCUT2D eigenvalue weighted by Crippen LogP contribution is 2.14. The largest absolute Gasteiger partial charge is 0.506 e. The molecule has 5 heteroatoms. The number of nitrogens with one attached hydrogen (secondary N) is 1. The molecule has 0 aliphatic carbocycles. The van der Waals surface area contributed by atoms with Gasteiger partial charge in [-0.15, -0.1) is 0 Å². The van der Waals surface area contributed by atoms with Gasteiger partial charge in [-0.05, 0) is 26.0 Å². The summed E-state index contributed by atoms with van der Waals surface area (Å²) < 4.78 is 2.02. The summed E-state index contributed by atoms with van der Waals surface area (Å²) in [5.41, 5.74) is 1.60. The minimum Gasteiger partial charge on any atom is -0.506 e. The van der Waals surface area contributed by atoms with Crippen LogP contribution in [0.1, 0.15) is 18.3 Å². The van der Waals surface area contributed by atoms with Crippen LogP contribution in [0.5, 0.6) is 5.75 Å². The van der Waals surface area contributed by atoms with E-state index in [2.05, 4.69) is 22.2 Å². The summed E-state index contributed by atoms with van der Waals surface area (Å²) in [6.07, 6.45) is 5.49. The van der Waals surface area contributed by atoms with Gasteiger partial charge in [-0.1, -0.05) is 0 Å². The number of imidazole rings is 1. The number of aryl methyl sites for hydroxylation is 1. The molecule has 2 aromatic heterocycles. The van der Waals surface area contributed by atoms with E-state index in [1.165, 1.54) is 0 Å². The van der Waals surface area contributed by atoms with Gasteiger partial charge < -0.3 is 15.0 Å². The summed E-state index contributed by atoms with van der Waals surface area (Å²) in [5, 5.41) is 13.0. The minimum atomic E-state index is 0.239. The molecule has 2 aromatic rings. The maximum absolute atomic E-state index is 9.69. The molecule has 2 N–H and O–H groups in total. The molecule has 0 spiro atoms. The van der Waals surface area contributed by atoms with Gasteiger partial charge in [0.1, 0.15) is 5.75 Å². The van der Waals surface area contributed by atoms with Crippen LogP contribution >= 0.6 is 0 Å². The Morgan fingerprint density at radius 1 is 1.44 bits per heavy atom. The van der Waals surface area contributed by atoms with Gasteiger partial charge in [0.25, 0.3) is 0 Å². The second-order valence-electron chi connectivity index (χ2n) is 4.46. The number of hydrogen-bond donors (Lipinski definition) is 2. The number of rotatable bonds is 5. The molecule has 0 aliphatic heterocycles. The Bertz CT molecular complexity index is 496. The van der Waals surface area contributed by atoms with E-state index in [0.717, 1.165) is 12.2 Å². The van der Waals surface area contributed by atoms with Crippen LogP contribution in [0.2, 0.25) is 0 Å². The maximum Gasteiger partial charge on any atom is 0.138 e. The van der Waals surface area contributed by atoms with E-state index in [9.17, 15) is 5.11 Å². The number of nitrogens with zero attached hydrogens (tertiary/aromatic N) is 3. The quantitative estimate of drug-likeness (QED) is 0.838. The molecule has 0 aromatic carbocycles. The highest BCUT2D eigenvalue weighted by atomic mass is 16.3. The lowest BCUT2D eigenvalue weighted by Crippen LogP contribution is -2.30. The molecule has 0 aliphatic rings. The van der Waals surface area contributed by atoms with Gasteiger partial charge in [0.05, 0.1) is 12.0 Å². The maximum atomic E-state index is 9.69. The van der Waals surface area contributed by atoms with Gasteiger partial charge in [-0.3, -0.25) is 4.98 Å². The Balaban J connectivity index is 1.89. The molecule has 1 atom stereocenters. The summed E-state index contributed by atoms with van der Waals surface area (Å²) in [6, 6.07) is 3.76. The first-order valence-corrected chi connectivity index (χ1v) is 6.00. The van der Waals surface area contributed by atoms with Crippen LogP contribution in [0.25, 0.3) is 0 Å². The Morgan fingerprint density at radius 2 is 2.28 bits per heavy atom. The first-order chi connectivity index (χ1) is 8.65. The SMILES string of the molecule is Cc1ccc(O)c(CNC(C)Cn2ccnc2)n1. The zero-order valence-electron chi connectivity index (χ0n) is 10.7. The minimum absolute atomic E-state index is 0.239. The van der Waals surface area contributed by atoms with Crippen LogP contribution in [0.4, 0.5) is 0 Å². The van der Waals surface area contributed by atoms with E-state index in [-0.39, 0.29) is 11.8 Å². The van der Waals surface area contributed by atoms with E-state index in [0.29, 0.717) is 12.2 Å². The molecule has 0 radical (unpaired) electrons. The van der Waals surface area contributed by atoms with Crippen molar-refractivity contribution in [2.24, 2.45) is 0 Å². The van der Waals surface area contributed by atoms with Gasteiger partial charge in [0.15, 0.2) is 0 Å². The Hall–Kier alpha value is -1.88. The van der Waals surface area contributed by atoms with Crippen molar-refractivity contribution in [3.05, 3.63) is 42.2 Å². The predicted molar refractivity (Wildman–Crippen MR) is 69.2 cm³/mol. The lowest BCUT2D eigenvalue weighted by Gasteiger charge is -2.14. The van der Waals surface area contributed by atoms with Crippen molar-refractivity contribution in [3.63, 3.8) is 0 Å². The highest BCUT2D eigenvalue weighted by Gasteiger charge is 2.06. The van der Waals surface area contributed by atoms with E-state index in [1.807, 2.05) is 17.7 Å². The lowest BCUT2D eigenvalue weighted by atomic mass is 10.2. The third-order valence-electron chi connectivity index (χ3n) is 2.75. The third-order valence-corrected chi connectivity index (χ3v) is 2.75. The Labute approximate surface area is 107 Å². The first kappa shape index (κ1) is 12.6. The molecule has 0 fully saturated rings. The van der Waals surface area contributed by atoms with Crippen molar-refractivity contribution < 1.29 is 5.11 Å². The van der Waals surface area contributed by atoms with E-state index in [4.69, 9.17) is 0 Å². The Kier molecular flexibility index (Phi) is 3.94. The van der Waals surface area contributed by atoms with E-state index >= 15 is 0 Å². The van der Waals surface area contributed by atoms with Gasteiger partial charge >= 0.3 is 0 Å². The molecule has 5 nitrogen and oxygen atoms in total. The van der Waals surface area contributed by atoms with Gasteiger partial charge in [-0.25, -0.2) is 4.98 Å². The molecule has 0 saturated carbocycles. The summed E-state index contributed by atoms with van der Waals surface area (Å²) in [6.45, 7) is 5.40. The fraction of sp³-hybridized carbons (Fsp3) is 0.385. The molecule has 1 unspecified atom stereocenters. The molecule has 18 heavy (non-hydrogen) atoms. The number of aromatic nitrogens is 3. The summed E-state index contributed by atoms with van der Waals surface area (Å²) in [7, 11) is 0. The zero-order chi connectivity index (χ0) is 13.0. The summed E-state index contributed by atoms with van der Waals surface area (Å²) in [5.74, 6) is 0.239. The van der Waals surface area contributed by atoms with Gasteiger partial charge in [-0.2, -0.15) is 0 Å². The van der Waals surface area contributed by atoms with Crippen LogP contribution in [0.3, 0.4) is 0 Å². The van der Waals surface area contributed by atoms with Crippen molar-refractivity contribution in [2.45, 2.75) is 33.0 Å². The number of hydrogen-bond acceptors (Lipinski definition) is 4. The normalized spacial score (nSPS) is 12.6. The fourth-order valence-electron chi connectivity index (χ4n) is 1.78. The van der Waals surface area contributed by atoms with Crippen molar-refractivity contribution >= 4 is 0 Å². The second-order valence-corrected chi connectivity index (χ2v) is 4.46. The fourth-order valence-corrected chi connectivity index (χ4v) is 1.78. The van der Waals surface area contributed by atoms with Gasteiger partial charge in [0.2, 0.25) is 0 Å². The van der Waals surface area contributed by atoms with Crippen molar-refractivity contribution in [2.75, 3.05) is 0 Å². The zero-order valence-corrected chi connectivity index (χ0v) is 10.7. The smallest absolute Gasteiger partial charge is 0.138 e. The predicted octanol–water partition coefficient (Wildman–Crippen LogP) is 1.47. The molecule has 96 valence electrons. The molecule has 2 rings (SSSR count). The molecular formula is C13H18N4O. The van der Waals surface area contributed by atoms with E-state index in [1.54, 1.807) is 24.7 Å². The lowest BCUT2D eigenvalue weighted by molar-refractivity contribution is 0.440. The van der Waals surface area contributed by atoms with Crippen molar-refractivity contribution in [1.82, 2.24) is 19.9 Å². The summed E-state index contributed by atoms with van der Waals surface area (Å²) in [4.78, 5) is 8.31. The Morgan fingerprint density at radius 3 is 3.00 bits per heavy atom. The number of aromatic hydroxyl groups is 1. The molecule has 2 heterocycles. The van der Waals surface area contributed by atoms with Crippen LogP contribution in [0, 0.1) is 6.92 Å². The summed E-state index contributed by atoms with van der Waals surface area (Å²) >= 11 is 0. The monoisotopic (exact) mass is 246 g/mol. The van der Waals surface area contributed by atoms with Crippen LogP contribution in [-0.4, -0.2) is 25.7 Å². The van der Waals surface area contributed by atoms with Crippen LogP contribution in [-0.2, 0) is 13.1 Å². The standard InChI is InChI=1S/C13H18N4O/c1-10-3-4-13(18)12(16-10)7-15-11(2)8-17-6-5-14-9-17/h3-6,9,11,15,18H,7-8H2,1-2H3. The van der Waals surface area contributed by atoms with Crippen molar-refractivity contribution in [3.8, 4) is 5.75 Å². The molecule has 0 saturated heterocycles. The van der Waals surface area contributed by atoms with Crippen molar-refractivity contribution in [1.29, 1.82) is 0 Å². The molecular weight excluding hydrogens is 228 g/mol. The second kappa shape index (κ2) is 5.64. The number of pyridine rings is 1. The highest BCUT2D eigenvalue weighted by molar-refractivity contribution is 5.27. The first-order valence-electron chi connectivity index (χ1n) is 6.00. The third kappa shape index (κ3) is 3.30. The van der Waals surface area contributed by atoms with Crippen LogP contribution in [0.15, 0.2) is 30.9 Å².